The van der Waals surface area contributed by atoms with E-state index < -0.39 is 0 Å². The minimum atomic E-state index is 0.728. The second-order valence-electron chi connectivity index (χ2n) is 4.16. The summed E-state index contributed by atoms with van der Waals surface area (Å²) >= 11 is 0. The molecule has 1 aromatic carbocycles. The molecule has 0 atom stereocenters. The van der Waals surface area contributed by atoms with E-state index in [0.29, 0.717) is 0 Å². The Morgan fingerprint density at radius 3 is 2.35 bits per heavy atom. The van der Waals surface area contributed by atoms with E-state index in [0.717, 1.165) is 36.3 Å². The zero-order valence-corrected chi connectivity index (χ0v) is 12.9. The Hall–Kier alpha value is -1.90. The number of hydrogen-bond acceptors (Lipinski definition) is 3. The molecule has 1 aromatic heterocycles. The smallest absolute Gasteiger partial charge is 0.127 e. The van der Waals surface area contributed by atoms with Crippen molar-refractivity contribution in [1.29, 1.82) is 0 Å². The number of aryl methyl sites for hydroxylation is 1. The first-order valence-corrected chi connectivity index (χ1v) is 7.36. The SMILES string of the molecule is CC.CCCOc1ccc(CC)cc1-c1cncnc1. The molecule has 0 saturated heterocycles. The first kappa shape index (κ1) is 16.2. The number of nitrogens with zero attached hydrogens (tertiary/aromatic N) is 2. The molecule has 0 aliphatic rings. The van der Waals surface area contributed by atoms with Gasteiger partial charge in [-0.15, -0.1) is 0 Å². The molecule has 0 amide bonds. The van der Waals surface area contributed by atoms with Crippen molar-refractivity contribution in [2.24, 2.45) is 0 Å². The van der Waals surface area contributed by atoms with E-state index in [-0.39, 0.29) is 0 Å². The molecule has 0 aliphatic carbocycles. The number of hydrogen-bond donors (Lipinski definition) is 0. The summed E-state index contributed by atoms with van der Waals surface area (Å²) in [5.74, 6) is 0.906. The summed E-state index contributed by atoms with van der Waals surface area (Å²) in [6.07, 6.45) is 7.19. The largest absolute Gasteiger partial charge is 0.493 e. The predicted molar refractivity (Wildman–Crippen MR) is 84.0 cm³/mol. The minimum absolute atomic E-state index is 0.728. The van der Waals surface area contributed by atoms with Crippen LogP contribution in [0.4, 0.5) is 0 Å². The molecule has 2 aromatic rings. The Morgan fingerprint density at radius 1 is 1.05 bits per heavy atom. The summed E-state index contributed by atoms with van der Waals surface area (Å²) in [5.41, 5.74) is 3.36. The third-order valence-electron chi connectivity index (χ3n) is 2.79. The molecule has 0 spiro atoms. The van der Waals surface area contributed by atoms with Gasteiger partial charge >= 0.3 is 0 Å². The highest BCUT2D eigenvalue weighted by atomic mass is 16.5. The van der Waals surface area contributed by atoms with Gasteiger partial charge in [0, 0.05) is 23.5 Å². The van der Waals surface area contributed by atoms with Gasteiger partial charge in [0.25, 0.3) is 0 Å². The second-order valence-corrected chi connectivity index (χ2v) is 4.16. The van der Waals surface area contributed by atoms with Crippen LogP contribution in [0.15, 0.2) is 36.9 Å². The van der Waals surface area contributed by atoms with Crippen molar-refractivity contribution < 1.29 is 4.74 Å². The molecule has 2 rings (SSSR count). The van der Waals surface area contributed by atoms with E-state index in [2.05, 4.69) is 35.9 Å². The number of aromatic nitrogens is 2. The highest BCUT2D eigenvalue weighted by Gasteiger charge is 2.07. The maximum Gasteiger partial charge on any atom is 0.127 e. The maximum absolute atomic E-state index is 5.78. The molecule has 0 N–H and O–H groups in total. The van der Waals surface area contributed by atoms with Crippen LogP contribution in [0.25, 0.3) is 11.1 Å². The molecule has 108 valence electrons. The van der Waals surface area contributed by atoms with Gasteiger partial charge in [-0.3, -0.25) is 0 Å². The fraction of sp³-hybridized carbons (Fsp3) is 0.412. The minimum Gasteiger partial charge on any atom is -0.493 e. The Balaban J connectivity index is 0.000000956. The summed E-state index contributed by atoms with van der Waals surface area (Å²) in [6.45, 7) is 8.98. The summed E-state index contributed by atoms with van der Waals surface area (Å²) in [7, 11) is 0. The van der Waals surface area contributed by atoms with Gasteiger partial charge in [0.2, 0.25) is 0 Å². The monoisotopic (exact) mass is 272 g/mol. The topological polar surface area (TPSA) is 35.0 Å². The van der Waals surface area contributed by atoms with Crippen molar-refractivity contribution in [2.45, 2.75) is 40.5 Å². The first-order chi connectivity index (χ1) is 9.85. The van der Waals surface area contributed by atoms with Crippen LogP contribution in [0, 0.1) is 0 Å². The molecule has 0 radical (unpaired) electrons. The Kier molecular flexibility index (Phi) is 7.33. The maximum atomic E-state index is 5.78. The van der Waals surface area contributed by atoms with Crippen LogP contribution in [0.5, 0.6) is 5.75 Å². The molecule has 0 bridgehead atoms. The molecule has 0 aliphatic heterocycles. The van der Waals surface area contributed by atoms with Crippen LogP contribution >= 0.6 is 0 Å². The van der Waals surface area contributed by atoms with Crippen molar-refractivity contribution in [1.82, 2.24) is 9.97 Å². The summed E-state index contributed by atoms with van der Waals surface area (Å²) in [6, 6.07) is 6.30. The lowest BCUT2D eigenvalue weighted by Crippen LogP contribution is -1.98. The van der Waals surface area contributed by atoms with Gasteiger partial charge in [0.1, 0.15) is 12.1 Å². The van der Waals surface area contributed by atoms with Crippen molar-refractivity contribution in [3.63, 3.8) is 0 Å². The summed E-state index contributed by atoms with van der Waals surface area (Å²) in [4.78, 5) is 8.14. The van der Waals surface area contributed by atoms with E-state index in [1.54, 1.807) is 6.33 Å². The lowest BCUT2D eigenvalue weighted by molar-refractivity contribution is 0.318. The number of rotatable bonds is 5. The Morgan fingerprint density at radius 2 is 1.75 bits per heavy atom. The van der Waals surface area contributed by atoms with Gasteiger partial charge < -0.3 is 4.74 Å². The van der Waals surface area contributed by atoms with Crippen LogP contribution in [-0.4, -0.2) is 16.6 Å². The number of benzene rings is 1. The van der Waals surface area contributed by atoms with Crippen molar-refractivity contribution in [3.8, 4) is 16.9 Å². The van der Waals surface area contributed by atoms with Crippen molar-refractivity contribution in [3.05, 3.63) is 42.5 Å². The van der Waals surface area contributed by atoms with E-state index in [1.165, 1.54) is 5.56 Å². The van der Waals surface area contributed by atoms with Crippen LogP contribution in [0.2, 0.25) is 0 Å². The van der Waals surface area contributed by atoms with Gasteiger partial charge in [-0.25, -0.2) is 9.97 Å². The average Bonchev–Trinajstić information content (AvgIpc) is 2.55. The second kappa shape index (κ2) is 9.08. The fourth-order valence-corrected chi connectivity index (χ4v) is 1.80. The molecule has 0 saturated carbocycles. The van der Waals surface area contributed by atoms with E-state index in [4.69, 9.17) is 4.74 Å². The predicted octanol–water partition coefficient (Wildman–Crippen LogP) is 4.52. The van der Waals surface area contributed by atoms with E-state index in [1.807, 2.05) is 32.3 Å². The van der Waals surface area contributed by atoms with Gasteiger partial charge in [-0.2, -0.15) is 0 Å². The zero-order valence-electron chi connectivity index (χ0n) is 12.9. The fourth-order valence-electron chi connectivity index (χ4n) is 1.80. The van der Waals surface area contributed by atoms with Crippen LogP contribution < -0.4 is 4.74 Å². The third-order valence-corrected chi connectivity index (χ3v) is 2.79. The highest BCUT2D eigenvalue weighted by molar-refractivity contribution is 5.69. The summed E-state index contributed by atoms with van der Waals surface area (Å²) < 4.78 is 5.78. The zero-order chi connectivity index (χ0) is 14.8. The van der Waals surface area contributed by atoms with E-state index in [9.17, 15) is 0 Å². The van der Waals surface area contributed by atoms with Gasteiger partial charge in [-0.1, -0.05) is 33.8 Å². The standard InChI is InChI=1S/C15H18N2O.C2H6/c1-3-7-18-15-6-5-12(4-2)8-14(15)13-9-16-11-17-10-13;1-2/h5-6,8-11H,3-4,7H2,1-2H3;1-2H3. The third kappa shape index (κ3) is 4.34. The van der Waals surface area contributed by atoms with Crippen molar-refractivity contribution >= 4 is 0 Å². The molecular formula is C17H24N2O. The van der Waals surface area contributed by atoms with Crippen LogP contribution in [-0.2, 0) is 6.42 Å². The Bertz CT molecular complexity index is 498. The lowest BCUT2D eigenvalue weighted by atomic mass is 10.0. The lowest BCUT2D eigenvalue weighted by Gasteiger charge is -2.12. The van der Waals surface area contributed by atoms with Gasteiger partial charge in [0.15, 0.2) is 0 Å². The first-order valence-electron chi connectivity index (χ1n) is 7.36. The quantitative estimate of drug-likeness (QED) is 0.802. The Labute approximate surface area is 122 Å². The molecular weight excluding hydrogens is 248 g/mol. The van der Waals surface area contributed by atoms with E-state index >= 15 is 0 Å². The van der Waals surface area contributed by atoms with Gasteiger partial charge in [-0.05, 0) is 30.5 Å². The molecule has 0 fully saturated rings. The van der Waals surface area contributed by atoms with Gasteiger partial charge in [0.05, 0.1) is 6.61 Å². The average molecular weight is 272 g/mol. The molecule has 3 nitrogen and oxygen atoms in total. The highest BCUT2D eigenvalue weighted by Crippen LogP contribution is 2.30. The molecule has 3 heteroatoms. The molecule has 1 heterocycles. The molecule has 0 unspecified atom stereocenters. The molecule has 20 heavy (non-hydrogen) atoms. The summed E-state index contributed by atoms with van der Waals surface area (Å²) in [5, 5.41) is 0. The van der Waals surface area contributed by atoms with Crippen LogP contribution in [0.1, 0.15) is 39.7 Å². The van der Waals surface area contributed by atoms with Crippen molar-refractivity contribution in [2.75, 3.05) is 6.61 Å². The normalized spacial score (nSPS) is 9.60. The van der Waals surface area contributed by atoms with Crippen LogP contribution in [0.3, 0.4) is 0 Å². The number of ether oxygens (including phenoxy) is 1.